The zero-order chi connectivity index (χ0) is 16.6. The highest BCUT2D eigenvalue weighted by atomic mass is 32.2. The molecule has 3 fully saturated rings. The topological polar surface area (TPSA) is 59.2 Å². The molecule has 1 aromatic heterocycles. The van der Waals surface area contributed by atoms with Gasteiger partial charge in [0.2, 0.25) is 11.8 Å². The predicted octanol–water partition coefficient (Wildman–Crippen LogP) is 3.69. The van der Waals surface area contributed by atoms with Gasteiger partial charge in [-0.05, 0) is 32.1 Å². The first-order valence-corrected chi connectivity index (χ1v) is 10.4. The van der Waals surface area contributed by atoms with Crippen LogP contribution in [0.4, 0.5) is 0 Å². The van der Waals surface area contributed by atoms with Crippen LogP contribution in [0.1, 0.15) is 64.2 Å². The number of rotatable bonds is 7. The first-order chi connectivity index (χ1) is 11.6. The molecular weight excluding hydrogens is 322 g/mol. The molecule has 2 saturated carbocycles. The molecule has 24 heavy (non-hydrogen) atoms. The lowest BCUT2D eigenvalue weighted by Crippen LogP contribution is -2.61. The van der Waals surface area contributed by atoms with Crippen LogP contribution in [0.15, 0.2) is 9.64 Å². The van der Waals surface area contributed by atoms with E-state index < -0.39 is 0 Å². The largest absolute Gasteiger partial charge is 0.416 e. The number of aromatic nitrogens is 2. The number of likely N-dealkylation sites (tertiary alicyclic amines) is 1. The predicted molar refractivity (Wildman–Crippen MR) is 92.8 cm³/mol. The molecule has 3 aliphatic rings. The molecule has 1 aliphatic heterocycles. The van der Waals surface area contributed by atoms with Crippen LogP contribution in [0.5, 0.6) is 0 Å². The standard InChI is InChI=1S/C18H27N3O2S/c1-18(11-21(16(18)22)14-8-9-14)12-24-17-20-19-15(23-17)10-7-13-5-3-2-4-6-13/h13-14H,2-12H2,1H3. The molecule has 2 aliphatic carbocycles. The van der Waals surface area contributed by atoms with Gasteiger partial charge in [-0.15, -0.1) is 10.2 Å². The maximum Gasteiger partial charge on any atom is 0.276 e. The molecule has 1 atom stereocenters. The van der Waals surface area contributed by atoms with Crippen molar-refractivity contribution < 1.29 is 9.21 Å². The summed E-state index contributed by atoms with van der Waals surface area (Å²) in [6.07, 6.45) is 11.3. The molecule has 0 bridgehead atoms. The van der Waals surface area contributed by atoms with Gasteiger partial charge in [0, 0.05) is 24.8 Å². The average molecular weight is 350 g/mol. The minimum Gasteiger partial charge on any atom is -0.416 e. The molecule has 1 saturated heterocycles. The van der Waals surface area contributed by atoms with Crippen LogP contribution >= 0.6 is 11.8 Å². The Morgan fingerprint density at radius 1 is 1.21 bits per heavy atom. The molecule has 2 heterocycles. The van der Waals surface area contributed by atoms with Gasteiger partial charge in [-0.2, -0.15) is 0 Å². The number of hydrogen-bond donors (Lipinski definition) is 0. The summed E-state index contributed by atoms with van der Waals surface area (Å²) in [6.45, 7) is 2.94. The second-order valence-electron chi connectivity index (χ2n) is 8.02. The molecule has 4 rings (SSSR count). The van der Waals surface area contributed by atoms with E-state index >= 15 is 0 Å². The summed E-state index contributed by atoms with van der Waals surface area (Å²) in [4.78, 5) is 14.3. The second-order valence-corrected chi connectivity index (χ2v) is 8.94. The number of carbonyl (C=O) groups is 1. The molecule has 1 amide bonds. The summed E-state index contributed by atoms with van der Waals surface area (Å²) in [5.41, 5.74) is -0.246. The smallest absolute Gasteiger partial charge is 0.276 e. The summed E-state index contributed by atoms with van der Waals surface area (Å²) in [7, 11) is 0. The number of thioether (sulfide) groups is 1. The summed E-state index contributed by atoms with van der Waals surface area (Å²) in [5.74, 6) is 2.63. The van der Waals surface area contributed by atoms with Crippen molar-refractivity contribution >= 4 is 17.7 Å². The molecule has 1 aromatic rings. The first-order valence-electron chi connectivity index (χ1n) is 9.40. The molecule has 0 radical (unpaired) electrons. The molecule has 0 aromatic carbocycles. The van der Waals surface area contributed by atoms with Gasteiger partial charge in [-0.3, -0.25) is 4.79 Å². The fraction of sp³-hybridized carbons (Fsp3) is 0.833. The monoisotopic (exact) mass is 349 g/mol. The van der Waals surface area contributed by atoms with Crippen molar-refractivity contribution in [2.24, 2.45) is 11.3 Å². The van der Waals surface area contributed by atoms with E-state index in [1.165, 1.54) is 63.1 Å². The van der Waals surface area contributed by atoms with E-state index in [0.717, 1.165) is 30.5 Å². The highest BCUT2D eigenvalue weighted by Gasteiger charge is 2.52. The number of hydrogen-bond acceptors (Lipinski definition) is 5. The maximum absolute atomic E-state index is 12.3. The minimum absolute atomic E-state index is 0.246. The SMILES string of the molecule is CC1(CSc2nnc(CCC3CCCCC3)o2)CN(C2CC2)C1=O. The number of nitrogens with zero attached hydrogens (tertiary/aromatic N) is 3. The van der Waals surface area contributed by atoms with Gasteiger partial charge >= 0.3 is 0 Å². The Bertz CT molecular complexity index is 595. The molecule has 0 N–H and O–H groups in total. The van der Waals surface area contributed by atoms with Gasteiger partial charge < -0.3 is 9.32 Å². The van der Waals surface area contributed by atoms with E-state index in [-0.39, 0.29) is 5.41 Å². The number of carbonyl (C=O) groups excluding carboxylic acids is 1. The normalized spacial score (nSPS) is 28.2. The van der Waals surface area contributed by atoms with E-state index in [1.54, 1.807) is 0 Å². The lowest BCUT2D eigenvalue weighted by molar-refractivity contribution is -0.156. The van der Waals surface area contributed by atoms with E-state index in [4.69, 9.17) is 4.42 Å². The Balaban J connectivity index is 1.23. The van der Waals surface area contributed by atoms with E-state index in [2.05, 4.69) is 17.1 Å². The van der Waals surface area contributed by atoms with Crippen LogP contribution in [0, 0.1) is 11.3 Å². The quantitative estimate of drug-likeness (QED) is 0.555. The Hall–Kier alpha value is -1.04. The summed E-state index contributed by atoms with van der Waals surface area (Å²) < 4.78 is 5.78. The van der Waals surface area contributed by atoms with Crippen molar-refractivity contribution in [1.82, 2.24) is 15.1 Å². The Morgan fingerprint density at radius 2 is 2.00 bits per heavy atom. The van der Waals surface area contributed by atoms with Gasteiger partial charge in [0.15, 0.2) is 0 Å². The summed E-state index contributed by atoms with van der Waals surface area (Å²) in [6, 6.07) is 0.533. The highest BCUT2D eigenvalue weighted by Crippen LogP contribution is 2.43. The molecule has 132 valence electrons. The van der Waals surface area contributed by atoms with Gasteiger partial charge in [-0.1, -0.05) is 43.9 Å². The van der Waals surface area contributed by atoms with Crippen molar-refractivity contribution in [2.75, 3.05) is 12.3 Å². The number of aryl methyl sites for hydroxylation is 1. The zero-order valence-electron chi connectivity index (χ0n) is 14.5. The van der Waals surface area contributed by atoms with Crippen LogP contribution in [0.25, 0.3) is 0 Å². The van der Waals surface area contributed by atoms with Gasteiger partial charge in [0.05, 0.1) is 5.41 Å². The van der Waals surface area contributed by atoms with Crippen LogP contribution in [0.2, 0.25) is 0 Å². The maximum atomic E-state index is 12.3. The van der Waals surface area contributed by atoms with Crippen LogP contribution in [-0.4, -0.2) is 39.3 Å². The molecule has 0 spiro atoms. The molecular formula is C18H27N3O2S. The summed E-state index contributed by atoms with van der Waals surface area (Å²) in [5, 5.41) is 8.96. The van der Waals surface area contributed by atoms with Crippen LogP contribution in [-0.2, 0) is 11.2 Å². The molecule has 5 nitrogen and oxygen atoms in total. The zero-order valence-corrected chi connectivity index (χ0v) is 15.3. The highest BCUT2D eigenvalue weighted by molar-refractivity contribution is 7.99. The molecule has 6 heteroatoms. The van der Waals surface area contributed by atoms with Crippen molar-refractivity contribution in [3.63, 3.8) is 0 Å². The van der Waals surface area contributed by atoms with Crippen LogP contribution in [0.3, 0.4) is 0 Å². The Kier molecular flexibility index (Phi) is 4.58. The number of amides is 1. The van der Waals surface area contributed by atoms with E-state index in [1.807, 2.05) is 4.90 Å². The van der Waals surface area contributed by atoms with E-state index in [0.29, 0.717) is 17.2 Å². The minimum atomic E-state index is -0.246. The fourth-order valence-corrected chi connectivity index (χ4v) is 4.89. The molecule has 1 unspecified atom stereocenters. The van der Waals surface area contributed by atoms with Gasteiger partial charge in [0.25, 0.3) is 5.22 Å². The summed E-state index contributed by atoms with van der Waals surface area (Å²) >= 11 is 1.54. The third-order valence-electron chi connectivity index (χ3n) is 5.74. The Morgan fingerprint density at radius 3 is 2.71 bits per heavy atom. The fourth-order valence-electron chi connectivity index (χ4n) is 3.98. The van der Waals surface area contributed by atoms with Gasteiger partial charge in [-0.25, -0.2) is 0 Å². The average Bonchev–Trinajstić information content (AvgIpc) is 3.34. The second kappa shape index (κ2) is 6.70. The van der Waals surface area contributed by atoms with E-state index in [9.17, 15) is 4.79 Å². The Labute approximate surface area is 147 Å². The van der Waals surface area contributed by atoms with Crippen molar-refractivity contribution in [3.05, 3.63) is 5.89 Å². The van der Waals surface area contributed by atoms with Gasteiger partial charge in [0.1, 0.15) is 0 Å². The van der Waals surface area contributed by atoms with Crippen molar-refractivity contribution in [1.29, 1.82) is 0 Å². The van der Waals surface area contributed by atoms with Crippen LogP contribution < -0.4 is 0 Å². The third kappa shape index (κ3) is 3.48. The van der Waals surface area contributed by atoms with Crippen molar-refractivity contribution in [2.45, 2.75) is 76.0 Å². The lowest BCUT2D eigenvalue weighted by atomic mass is 9.82. The van der Waals surface area contributed by atoms with Crippen molar-refractivity contribution in [3.8, 4) is 0 Å². The number of β-lactam (4-membered cyclic amide) rings is 1. The first kappa shape index (κ1) is 16.4. The third-order valence-corrected chi connectivity index (χ3v) is 6.93. The lowest BCUT2D eigenvalue weighted by Gasteiger charge is -2.46.